The third-order valence-corrected chi connectivity index (χ3v) is 7.04. The number of fused-ring (bicyclic) bond motifs is 1. The molecule has 2 fully saturated rings. The van der Waals surface area contributed by atoms with Crippen LogP contribution in [0.15, 0.2) is 48.7 Å². The van der Waals surface area contributed by atoms with E-state index in [4.69, 9.17) is 11.6 Å². The van der Waals surface area contributed by atoms with E-state index in [-0.39, 0.29) is 22.3 Å². The normalized spacial score (nSPS) is 18.2. The minimum Gasteiger partial charge on any atom is -0.323 e. The Morgan fingerprint density at radius 2 is 1.87 bits per heavy atom. The molecule has 7 heteroatoms. The van der Waals surface area contributed by atoms with Gasteiger partial charge in [0.05, 0.1) is 10.5 Å². The molecule has 1 spiro atoms. The molecular formula is C24H22ClF2N3O. The predicted octanol–water partition coefficient (Wildman–Crippen LogP) is 6.36. The summed E-state index contributed by atoms with van der Waals surface area (Å²) in [5.74, 6) is -0.422. The summed E-state index contributed by atoms with van der Waals surface area (Å²) >= 11 is 5.69. The van der Waals surface area contributed by atoms with Crippen molar-refractivity contribution in [1.29, 1.82) is 0 Å². The van der Waals surface area contributed by atoms with Crippen molar-refractivity contribution in [2.24, 2.45) is 5.41 Å². The first-order valence-corrected chi connectivity index (χ1v) is 10.9. The summed E-state index contributed by atoms with van der Waals surface area (Å²) in [6, 6.07) is 10.8. The van der Waals surface area contributed by atoms with Gasteiger partial charge in [0.2, 0.25) is 0 Å². The van der Waals surface area contributed by atoms with Crippen molar-refractivity contribution in [2.75, 3.05) is 18.4 Å². The minimum absolute atomic E-state index is 0.0300. The molecule has 5 rings (SSSR count). The van der Waals surface area contributed by atoms with E-state index < -0.39 is 5.82 Å². The fourth-order valence-electron chi connectivity index (χ4n) is 5.04. The second kappa shape index (κ2) is 7.75. The van der Waals surface area contributed by atoms with E-state index >= 15 is 0 Å². The van der Waals surface area contributed by atoms with Crippen LogP contribution in [0.2, 0.25) is 5.02 Å². The van der Waals surface area contributed by atoms with E-state index in [1.165, 1.54) is 18.2 Å². The standard InChI is InChI=1S/C24H22ClF2N3O/c25-20-3-2-17(12-21(20)27)29-23(31)30-13-24(14-30)8-5-15(6-9-24)18-7-10-28-22-4-1-16(26)11-19(18)22/h1-4,7,10-12,15H,5-6,8-9,13-14H2,(H,29,31). The Balaban J connectivity index is 1.21. The van der Waals surface area contributed by atoms with Gasteiger partial charge in [-0.2, -0.15) is 0 Å². The van der Waals surface area contributed by atoms with E-state index in [1.54, 1.807) is 29.3 Å². The topological polar surface area (TPSA) is 45.2 Å². The minimum atomic E-state index is -0.554. The van der Waals surface area contributed by atoms with Crippen LogP contribution in [-0.4, -0.2) is 29.0 Å². The Kier molecular flexibility index (Phi) is 5.05. The number of likely N-dealkylation sites (tertiary alicyclic amines) is 1. The maximum absolute atomic E-state index is 13.8. The highest BCUT2D eigenvalue weighted by Gasteiger charge is 2.47. The summed E-state index contributed by atoms with van der Waals surface area (Å²) < 4.78 is 27.4. The fourth-order valence-corrected chi connectivity index (χ4v) is 5.15. The molecule has 0 bridgehead atoms. The molecule has 0 atom stereocenters. The molecule has 2 aliphatic rings. The lowest BCUT2D eigenvalue weighted by Crippen LogP contribution is -2.60. The molecule has 2 aromatic carbocycles. The summed E-state index contributed by atoms with van der Waals surface area (Å²) in [6.45, 7) is 1.40. The molecule has 4 nitrogen and oxygen atoms in total. The van der Waals surface area contributed by atoms with Crippen LogP contribution in [0.1, 0.15) is 37.2 Å². The number of carbonyl (C=O) groups excluding carboxylic acids is 1. The highest BCUT2D eigenvalue weighted by Crippen LogP contribution is 2.49. The summed E-state index contributed by atoms with van der Waals surface area (Å²) in [4.78, 5) is 18.6. The molecule has 31 heavy (non-hydrogen) atoms. The maximum Gasteiger partial charge on any atom is 0.321 e. The molecule has 1 aliphatic heterocycles. The van der Waals surface area contributed by atoms with Crippen molar-refractivity contribution >= 4 is 34.2 Å². The molecule has 2 amide bonds. The largest absolute Gasteiger partial charge is 0.323 e. The molecule has 0 radical (unpaired) electrons. The Bertz CT molecular complexity index is 1150. The van der Waals surface area contributed by atoms with Crippen LogP contribution in [0, 0.1) is 17.0 Å². The summed E-state index contributed by atoms with van der Waals surface area (Å²) in [7, 11) is 0. The number of rotatable bonds is 2. The number of aromatic nitrogens is 1. The number of urea groups is 1. The average molecular weight is 442 g/mol. The molecule has 1 saturated heterocycles. The number of amides is 2. The molecule has 2 heterocycles. The second-order valence-corrected chi connectivity index (χ2v) is 9.16. The van der Waals surface area contributed by atoms with Crippen molar-refractivity contribution in [2.45, 2.75) is 31.6 Å². The molecule has 1 aromatic heterocycles. The number of hydrogen-bond donors (Lipinski definition) is 1. The van der Waals surface area contributed by atoms with Crippen molar-refractivity contribution < 1.29 is 13.6 Å². The van der Waals surface area contributed by atoms with Gasteiger partial charge in [-0.1, -0.05) is 11.6 Å². The van der Waals surface area contributed by atoms with Gasteiger partial charge in [0.15, 0.2) is 0 Å². The fraction of sp³-hybridized carbons (Fsp3) is 0.333. The number of carbonyl (C=O) groups is 1. The number of hydrogen-bond acceptors (Lipinski definition) is 2. The van der Waals surface area contributed by atoms with Gasteiger partial charge in [-0.05, 0) is 79.6 Å². The van der Waals surface area contributed by atoms with Crippen LogP contribution >= 0.6 is 11.6 Å². The molecule has 1 aliphatic carbocycles. The number of pyridine rings is 1. The van der Waals surface area contributed by atoms with E-state index in [0.29, 0.717) is 24.7 Å². The average Bonchev–Trinajstić information content (AvgIpc) is 2.74. The highest BCUT2D eigenvalue weighted by atomic mass is 35.5. The van der Waals surface area contributed by atoms with Crippen molar-refractivity contribution in [3.05, 3.63) is 70.9 Å². The lowest BCUT2D eigenvalue weighted by molar-refractivity contribution is 0.000761. The number of nitrogens with zero attached hydrogens (tertiary/aromatic N) is 2. The van der Waals surface area contributed by atoms with Gasteiger partial charge in [-0.25, -0.2) is 13.6 Å². The van der Waals surface area contributed by atoms with Crippen LogP contribution in [-0.2, 0) is 0 Å². The Labute approximate surface area is 184 Å². The first-order valence-electron chi connectivity index (χ1n) is 10.5. The van der Waals surface area contributed by atoms with E-state index in [9.17, 15) is 13.6 Å². The lowest BCUT2D eigenvalue weighted by atomic mass is 9.64. The van der Waals surface area contributed by atoms with Crippen LogP contribution < -0.4 is 5.32 Å². The SMILES string of the molecule is O=C(Nc1ccc(Cl)c(F)c1)N1CC2(CCC(c3ccnc4ccc(F)cc34)CC2)C1. The maximum atomic E-state index is 13.8. The predicted molar refractivity (Wildman–Crippen MR) is 117 cm³/mol. The molecule has 1 saturated carbocycles. The molecule has 3 aromatic rings. The number of benzene rings is 2. The molecule has 0 unspecified atom stereocenters. The number of halogens is 3. The van der Waals surface area contributed by atoms with Gasteiger partial charge in [-0.3, -0.25) is 4.98 Å². The van der Waals surface area contributed by atoms with Gasteiger partial charge < -0.3 is 10.2 Å². The smallest absolute Gasteiger partial charge is 0.321 e. The van der Waals surface area contributed by atoms with Gasteiger partial charge >= 0.3 is 6.03 Å². The van der Waals surface area contributed by atoms with E-state index in [0.717, 1.165) is 42.1 Å². The van der Waals surface area contributed by atoms with Crippen molar-refractivity contribution in [3.8, 4) is 0 Å². The monoisotopic (exact) mass is 441 g/mol. The third kappa shape index (κ3) is 3.85. The number of anilines is 1. The zero-order valence-electron chi connectivity index (χ0n) is 16.9. The van der Waals surface area contributed by atoms with E-state index in [1.807, 2.05) is 6.07 Å². The van der Waals surface area contributed by atoms with Crippen LogP contribution in [0.3, 0.4) is 0 Å². The zero-order chi connectivity index (χ0) is 21.6. The van der Waals surface area contributed by atoms with Crippen LogP contribution in [0.5, 0.6) is 0 Å². The molecular weight excluding hydrogens is 420 g/mol. The van der Waals surface area contributed by atoms with Gasteiger partial charge in [0.25, 0.3) is 0 Å². The highest BCUT2D eigenvalue weighted by molar-refractivity contribution is 6.30. The summed E-state index contributed by atoms with van der Waals surface area (Å²) in [5, 5.41) is 3.67. The first kappa shape index (κ1) is 20.2. The van der Waals surface area contributed by atoms with Crippen molar-refractivity contribution in [1.82, 2.24) is 9.88 Å². The summed E-state index contributed by atoms with van der Waals surface area (Å²) in [6.07, 6.45) is 5.86. The third-order valence-electron chi connectivity index (χ3n) is 6.73. The first-order chi connectivity index (χ1) is 14.9. The number of nitrogens with one attached hydrogen (secondary N) is 1. The molecule has 160 valence electrons. The Morgan fingerprint density at radius 3 is 2.61 bits per heavy atom. The Morgan fingerprint density at radius 1 is 1.10 bits per heavy atom. The van der Waals surface area contributed by atoms with Crippen LogP contribution in [0.4, 0.5) is 19.3 Å². The van der Waals surface area contributed by atoms with E-state index in [2.05, 4.69) is 10.3 Å². The van der Waals surface area contributed by atoms with Gasteiger partial charge in [-0.15, -0.1) is 0 Å². The Hall–Kier alpha value is -2.73. The second-order valence-electron chi connectivity index (χ2n) is 8.75. The van der Waals surface area contributed by atoms with Crippen molar-refractivity contribution in [3.63, 3.8) is 0 Å². The van der Waals surface area contributed by atoms with Crippen LogP contribution in [0.25, 0.3) is 10.9 Å². The summed E-state index contributed by atoms with van der Waals surface area (Å²) in [5.41, 5.74) is 2.53. The lowest BCUT2D eigenvalue weighted by Gasteiger charge is -2.53. The molecule has 1 N–H and O–H groups in total. The quantitative estimate of drug-likeness (QED) is 0.503. The van der Waals surface area contributed by atoms with Gasteiger partial charge in [0, 0.05) is 35.8 Å². The zero-order valence-corrected chi connectivity index (χ0v) is 17.6. The van der Waals surface area contributed by atoms with Gasteiger partial charge in [0.1, 0.15) is 11.6 Å².